The van der Waals surface area contributed by atoms with E-state index < -0.39 is 0 Å². The van der Waals surface area contributed by atoms with E-state index in [1.807, 2.05) is 42.5 Å². The van der Waals surface area contributed by atoms with Crippen molar-refractivity contribution in [3.05, 3.63) is 64.6 Å². The highest BCUT2D eigenvalue weighted by atomic mass is 32.2. The van der Waals surface area contributed by atoms with E-state index in [2.05, 4.69) is 29.4 Å². The van der Waals surface area contributed by atoms with E-state index in [1.165, 1.54) is 30.2 Å². The molecule has 3 rings (SSSR count). The number of rotatable bonds is 6. The van der Waals surface area contributed by atoms with E-state index >= 15 is 0 Å². The maximum Gasteiger partial charge on any atom is 0.264 e. The zero-order valence-corrected chi connectivity index (χ0v) is 15.8. The summed E-state index contributed by atoms with van der Waals surface area (Å²) in [5.74, 6) is 0.671. The first-order chi connectivity index (χ1) is 12.7. The molecule has 26 heavy (non-hydrogen) atoms. The maximum atomic E-state index is 12.2. The summed E-state index contributed by atoms with van der Waals surface area (Å²) in [6, 6.07) is 15.8. The van der Waals surface area contributed by atoms with Gasteiger partial charge in [0, 0.05) is 0 Å². The first-order valence-electron chi connectivity index (χ1n) is 8.70. The summed E-state index contributed by atoms with van der Waals surface area (Å²) in [6.07, 6.45) is 5.33. The Balaban J connectivity index is 1.70. The molecule has 5 heteroatoms. The Morgan fingerprint density at radius 1 is 1.12 bits per heavy atom. The van der Waals surface area contributed by atoms with Crippen molar-refractivity contribution in [2.24, 2.45) is 4.99 Å². The molecule has 0 aliphatic carbocycles. The highest BCUT2D eigenvalue weighted by Crippen LogP contribution is 2.28. The van der Waals surface area contributed by atoms with Crippen molar-refractivity contribution in [3.63, 3.8) is 0 Å². The van der Waals surface area contributed by atoms with Gasteiger partial charge in [0.05, 0.1) is 17.7 Å². The summed E-state index contributed by atoms with van der Waals surface area (Å²) in [6.45, 7) is 2.19. The lowest BCUT2D eigenvalue weighted by Gasteiger charge is -2.01. The second-order valence-electron chi connectivity index (χ2n) is 6.02. The number of hydrogen-bond acceptors (Lipinski definition) is 4. The summed E-state index contributed by atoms with van der Waals surface area (Å²) in [4.78, 5) is 17.3. The third kappa shape index (κ3) is 4.76. The molecular weight excluding hydrogens is 344 g/mol. The van der Waals surface area contributed by atoms with Crippen LogP contribution in [0.25, 0.3) is 6.08 Å². The fraction of sp³-hybridized carbons (Fsp3) is 0.238. The second kappa shape index (κ2) is 8.72. The smallest absolute Gasteiger partial charge is 0.264 e. The van der Waals surface area contributed by atoms with Gasteiger partial charge in [-0.15, -0.1) is 0 Å². The Morgan fingerprint density at radius 3 is 2.50 bits per heavy atom. The highest BCUT2D eigenvalue weighted by molar-refractivity contribution is 8.18. The average Bonchev–Trinajstić information content (AvgIpc) is 3.00. The predicted molar refractivity (Wildman–Crippen MR) is 109 cm³/mol. The molecule has 4 nitrogen and oxygen atoms in total. The van der Waals surface area contributed by atoms with Crippen molar-refractivity contribution in [1.82, 2.24) is 5.32 Å². The minimum absolute atomic E-state index is 0.121. The standard InChI is InChI=1S/C21H22N2O2S/c1-3-4-5-15-6-10-17(11-7-15)22-21-23-20(24)19(26-21)14-16-8-12-18(25-2)13-9-16/h6-14H,3-5H2,1-2H3,(H,22,23,24)/b19-14-. The van der Waals surface area contributed by atoms with Gasteiger partial charge in [-0.2, -0.15) is 0 Å². The van der Waals surface area contributed by atoms with Crippen molar-refractivity contribution in [2.75, 3.05) is 7.11 Å². The zero-order valence-electron chi connectivity index (χ0n) is 15.0. The van der Waals surface area contributed by atoms with Crippen LogP contribution in [0.4, 0.5) is 5.69 Å². The number of methoxy groups -OCH3 is 1. The number of aryl methyl sites for hydroxylation is 1. The molecule has 0 spiro atoms. The molecule has 0 saturated carbocycles. The number of carbonyl (C=O) groups is 1. The molecule has 2 aromatic carbocycles. The topological polar surface area (TPSA) is 50.7 Å². The van der Waals surface area contributed by atoms with Crippen LogP contribution in [0.2, 0.25) is 0 Å². The van der Waals surface area contributed by atoms with E-state index in [1.54, 1.807) is 7.11 Å². The number of benzene rings is 2. The normalized spacial score (nSPS) is 16.9. The first kappa shape index (κ1) is 18.3. The van der Waals surface area contributed by atoms with Crippen LogP contribution >= 0.6 is 11.8 Å². The number of amides is 1. The van der Waals surface area contributed by atoms with Crippen LogP contribution in [0.15, 0.2) is 58.4 Å². The van der Waals surface area contributed by atoms with Crippen LogP contribution < -0.4 is 10.1 Å². The van der Waals surface area contributed by atoms with E-state index in [-0.39, 0.29) is 5.91 Å². The Hall–Kier alpha value is -2.53. The van der Waals surface area contributed by atoms with Gasteiger partial charge >= 0.3 is 0 Å². The molecule has 0 unspecified atom stereocenters. The van der Waals surface area contributed by atoms with Gasteiger partial charge in [0.1, 0.15) is 5.75 Å². The number of unbranched alkanes of at least 4 members (excludes halogenated alkanes) is 1. The molecule has 1 N–H and O–H groups in total. The summed E-state index contributed by atoms with van der Waals surface area (Å²) in [5.41, 5.74) is 3.11. The number of hydrogen-bond donors (Lipinski definition) is 1. The van der Waals surface area contributed by atoms with Crippen molar-refractivity contribution in [3.8, 4) is 5.75 Å². The summed E-state index contributed by atoms with van der Waals surface area (Å²) in [5, 5.41) is 3.43. The van der Waals surface area contributed by atoms with Crippen LogP contribution in [0.3, 0.4) is 0 Å². The lowest BCUT2D eigenvalue weighted by atomic mass is 10.1. The molecule has 0 radical (unpaired) electrons. The molecule has 0 aromatic heterocycles. The highest BCUT2D eigenvalue weighted by Gasteiger charge is 2.23. The number of aliphatic imine (C=N–C) groups is 1. The van der Waals surface area contributed by atoms with Gasteiger partial charge in [-0.25, -0.2) is 4.99 Å². The van der Waals surface area contributed by atoms with Gasteiger partial charge in [0.15, 0.2) is 5.17 Å². The van der Waals surface area contributed by atoms with E-state index in [0.717, 1.165) is 23.4 Å². The van der Waals surface area contributed by atoms with Gasteiger partial charge in [0.25, 0.3) is 5.91 Å². The van der Waals surface area contributed by atoms with Crippen molar-refractivity contribution >= 4 is 34.6 Å². The van der Waals surface area contributed by atoms with Gasteiger partial charge < -0.3 is 10.1 Å². The molecule has 2 aromatic rings. The lowest BCUT2D eigenvalue weighted by Crippen LogP contribution is -2.19. The number of ether oxygens (including phenoxy) is 1. The van der Waals surface area contributed by atoms with Gasteiger partial charge in [-0.05, 0) is 66.1 Å². The summed E-state index contributed by atoms with van der Waals surface area (Å²) in [7, 11) is 1.63. The third-order valence-corrected chi connectivity index (χ3v) is 4.96. The van der Waals surface area contributed by atoms with Crippen LogP contribution in [-0.2, 0) is 11.2 Å². The summed E-state index contributed by atoms with van der Waals surface area (Å²) >= 11 is 1.36. The van der Waals surface area contributed by atoms with Crippen LogP contribution in [-0.4, -0.2) is 18.2 Å². The van der Waals surface area contributed by atoms with Crippen molar-refractivity contribution < 1.29 is 9.53 Å². The number of amidine groups is 1. The molecule has 134 valence electrons. The van der Waals surface area contributed by atoms with Crippen molar-refractivity contribution in [2.45, 2.75) is 26.2 Å². The fourth-order valence-electron chi connectivity index (χ4n) is 2.57. The fourth-order valence-corrected chi connectivity index (χ4v) is 3.41. The van der Waals surface area contributed by atoms with Crippen LogP contribution in [0, 0.1) is 0 Å². The van der Waals surface area contributed by atoms with Crippen LogP contribution in [0.5, 0.6) is 5.75 Å². The largest absolute Gasteiger partial charge is 0.497 e. The second-order valence-corrected chi connectivity index (χ2v) is 7.06. The lowest BCUT2D eigenvalue weighted by molar-refractivity contribution is -0.115. The average molecular weight is 366 g/mol. The number of thioether (sulfide) groups is 1. The number of nitrogens with one attached hydrogen (secondary N) is 1. The maximum absolute atomic E-state index is 12.2. The van der Waals surface area contributed by atoms with Crippen molar-refractivity contribution in [1.29, 1.82) is 0 Å². The molecule has 1 aliphatic heterocycles. The molecule has 1 fully saturated rings. The first-order valence-corrected chi connectivity index (χ1v) is 9.52. The molecule has 1 heterocycles. The zero-order chi connectivity index (χ0) is 18.4. The molecule has 0 bridgehead atoms. The Morgan fingerprint density at radius 2 is 1.85 bits per heavy atom. The van der Waals surface area contributed by atoms with Crippen LogP contribution in [0.1, 0.15) is 30.9 Å². The molecule has 0 atom stereocenters. The van der Waals surface area contributed by atoms with Gasteiger partial charge in [-0.3, -0.25) is 4.79 Å². The van der Waals surface area contributed by atoms with E-state index in [9.17, 15) is 4.79 Å². The Bertz CT molecular complexity index is 824. The monoisotopic (exact) mass is 366 g/mol. The predicted octanol–water partition coefficient (Wildman–Crippen LogP) is 4.93. The number of nitrogens with zero attached hydrogens (tertiary/aromatic N) is 1. The van der Waals surface area contributed by atoms with Gasteiger partial charge in [0.2, 0.25) is 0 Å². The summed E-state index contributed by atoms with van der Waals surface area (Å²) < 4.78 is 5.15. The van der Waals surface area contributed by atoms with Gasteiger partial charge in [-0.1, -0.05) is 37.6 Å². The number of carbonyl (C=O) groups excluding carboxylic acids is 1. The molecule has 1 aliphatic rings. The SMILES string of the molecule is CCCCc1ccc(N=C2NC(=O)/C(=C/c3ccc(OC)cc3)S2)cc1. The third-order valence-electron chi connectivity index (χ3n) is 4.05. The Kier molecular flexibility index (Phi) is 6.12. The Labute approximate surface area is 158 Å². The van der Waals surface area contributed by atoms with E-state index in [4.69, 9.17) is 4.74 Å². The minimum Gasteiger partial charge on any atom is -0.497 e. The molecule has 1 saturated heterocycles. The minimum atomic E-state index is -0.121. The molecule has 1 amide bonds. The molecular formula is C21H22N2O2S. The quantitative estimate of drug-likeness (QED) is 0.738. The van der Waals surface area contributed by atoms with E-state index in [0.29, 0.717) is 10.1 Å².